The Bertz CT molecular complexity index is 1690. The zero-order valence-electron chi connectivity index (χ0n) is 25.6. The average Bonchev–Trinajstić information content (AvgIpc) is 3.02. The summed E-state index contributed by atoms with van der Waals surface area (Å²) in [6, 6.07) is 9.85. The first kappa shape index (κ1) is 32.4. The number of carboxylic acids is 1. The molecule has 1 atom stereocenters. The van der Waals surface area contributed by atoms with E-state index in [1.165, 1.54) is 18.3 Å². The lowest BCUT2D eigenvalue weighted by molar-refractivity contribution is -0.146. The maximum atomic E-state index is 14.0. The number of hydrogen-bond acceptors (Lipinski definition) is 10. The molecule has 0 bridgehead atoms. The molecule has 3 aromatic heterocycles. The second-order valence-corrected chi connectivity index (χ2v) is 11.5. The van der Waals surface area contributed by atoms with Crippen LogP contribution < -0.4 is 19.7 Å². The van der Waals surface area contributed by atoms with Crippen molar-refractivity contribution in [1.29, 1.82) is 0 Å². The lowest BCUT2D eigenvalue weighted by atomic mass is 9.85. The summed E-state index contributed by atoms with van der Waals surface area (Å²) in [5.74, 6) is 0.659. The lowest BCUT2D eigenvalue weighted by Crippen LogP contribution is -2.41. The summed E-state index contributed by atoms with van der Waals surface area (Å²) >= 11 is 0. The van der Waals surface area contributed by atoms with Gasteiger partial charge in [0.25, 0.3) is 5.88 Å². The highest BCUT2D eigenvalue weighted by Gasteiger charge is 2.36. The van der Waals surface area contributed by atoms with Crippen LogP contribution in [-0.4, -0.2) is 61.8 Å². The quantitative estimate of drug-likeness (QED) is 0.195. The Morgan fingerprint density at radius 3 is 2.70 bits per heavy atom. The Hall–Kier alpha value is -5.01. The molecule has 11 nitrogen and oxygen atoms in total. The third kappa shape index (κ3) is 7.79. The number of rotatable bonds is 11. The maximum absolute atomic E-state index is 14.0. The van der Waals surface area contributed by atoms with Gasteiger partial charge in [0.2, 0.25) is 5.95 Å². The summed E-state index contributed by atoms with van der Waals surface area (Å²) in [4.78, 5) is 35.0. The Labute approximate surface area is 263 Å². The molecule has 0 aliphatic carbocycles. The van der Waals surface area contributed by atoms with Crippen molar-refractivity contribution in [2.45, 2.75) is 52.3 Å². The van der Waals surface area contributed by atoms with Crippen molar-refractivity contribution in [2.24, 2.45) is 5.41 Å². The number of pyridine rings is 1. The first-order valence-electron chi connectivity index (χ1n) is 14.8. The third-order valence-corrected chi connectivity index (χ3v) is 7.40. The zero-order valence-corrected chi connectivity index (χ0v) is 25.6. The molecule has 0 saturated carbocycles. The molecule has 0 radical (unpaired) electrons. The van der Waals surface area contributed by atoms with Crippen LogP contribution in [0.3, 0.4) is 0 Å². The third-order valence-electron chi connectivity index (χ3n) is 7.40. The van der Waals surface area contributed by atoms with Crippen LogP contribution in [0.2, 0.25) is 0 Å². The number of anilines is 3. The molecule has 1 aromatic carbocycles. The fourth-order valence-corrected chi connectivity index (χ4v) is 5.10. The number of benzene rings is 1. The molecule has 1 aliphatic heterocycles. The van der Waals surface area contributed by atoms with E-state index in [-0.39, 0.29) is 35.5 Å². The van der Waals surface area contributed by atoms with Crippen molar-refractivity contribution in [3.05, 3.63) is 72.3 Å². The standard InChI is InChI=1S/C32H34F3N7O4/c1-4-45-24-11-6-12-37-28(24)46-22-10-7-13-42(19-22)26-18-36-17-25(39-26)40-30-38-16-23(32(33,34)35)27(41-30)21-9-5-8-20(14-21)15-31(2,3)29(43)44/h5-6,8-9,11-12,14,16-18,22H,4,7,10,13,15,19H2,1-3H3,(H,43,44)(H,38,39,40,41). The molecule has 1 saturated heterocycles. The number of carboxylic acid groups (broad SMARTS) is 1. The van der Waals surface area contributed by atoms with Crippen LogP contribution in [0, 0.1) is 5.41 Å². The number of aliphatic carboxylic acids is 1. The van der Waals surface area contributed by atoms with E-state index in [2.05, 4.69) is 30.2 Å². The van der Waals surface area contributed by atoms with Crippen LogP contribution in [0.25, 0.3) is 11.3 Å². The summed E-state index contributed by atoms with van der Waals surface area (Å²) in [6.45, 7) is 6.70. The minimum atomic E-state index is -4.73. The summed E-state index contributed by atoms with van der Waals surface area (Å²) in [5.41, 5.74) is -1.74. The second kappa shape index (κ2) is 13.5. The van der Waals surface area contributed by atoms with E-state index < -0.39 is 23.1 Å². The minimum Gasteiger partial charge on any atom is -0.488 e. The Balaban J connectivity index is 1.36. The topological polar surface area (TPSA) is 135 Å². The van der Waals surface area contributed by atoms with Crippen molar-refractivity contribution in [2.75, 3.05) is 29.9 Å². The van der Waals surface area contributed by atoms with Gasteiger partial charge >= 0.3 is 12.1 Å². The Morgan fingerprint density at radius 1 is 1.11 bits per heavy atom. The fourth-order valence-electron chi connectivity index (χ4n) is 5.10. The molecule has 0 spiro atoms. The number of alkyl halides is 3. The molecular weight excluding hydrogens is 603 g/mol. The lowest BCUT2D eigenvalue weighted by Gasteiger charge is -2.33. The minimum absolute atomic E-state index is 0.107. The molecule has 1 aliphatic rings. The highest BCUT2D eigenvalue weighted by atomic mass is 19.4. The Morgan fingerprint density at radius 2 is 1.93 bits per heavy atom. The zero-order chi connectivity index (χ0) is 32.9. The van der Waals surface area contributed by atoms with Crippen LogP contribution >= 0.6 is 0 Å². The van der Waals surface area contributed by atoms with Gasteiger partial charge in [-0.2, -0.15) is 13.2 Å². The van der Waals surface area contributed by atoms with Gasteiger partial charge in [-0.1, -0.05) is 18.2 Å². The van der Waals surface area contributed by atoms with Crippen LogP contribution in [0.5, 0.6) is 11.6 Å². The highest BCUT2D eigenvalue weighted by Crippen LogP contribution is 2.37. The van der Waals surface area contributed by atoms with Gasteiger partial charge in [-0.25, -0.2) is 19.9 Å². The number of hydrogen-bond donors (Lipinski definition) is 2. The highest BCUT2D eigenvalue weighted by molar-refractivity contribution is 5.74. The van der Waals surface area contributed by atoms with E-state index in [1.54, 1.807) is 50.5 Å². The number of nitrogens with zero attached hydrogens (tertiary/aromatic N) is 6. The number of nitrogens with one attached hydrogen (secondary N) is 1. The van der Waals surface area contributed by atoms with Crippen molar-refractivity contribution in [1.82, 2.24) is 24.9 Å². The number of carbonyl (C=O) groups is 1. The van der Waals surface area contributed by atoms with Crippen LogP contribution in [0.15, 0.2) is 61.2 Å². The monoisotopic (exact) mass is 637 g/mol. The van der Waals surface area contributed by atoms with E-state index in [0.717, 1.165) is 19.0 Å². The molecule has 2 N–H and O–H groups in total. The van der Waals surface area contributed by atoms with Gasteiger partial charge in [-0.15, -0.1) is 0 Å². The normalized spacial score (nSPS) is 15.3. The SMILES string of the molecule is CCOc1cccnc1OC1CCCN(c2cncc(Nc3ncc(C(F)(F)F)c(-c4cccc(CC(C)(C)C(=O)O)c4)n3)n2)C1. The molecular formula is C32H34F3N7O4. The number of aromatic nitrogens is 5. The van der Waals surface area contributed by atoms with E-state index in [9.17, 15) is 23.1 Å². The number of piperidine rings is 1. The maximum Gasteiger partial charge on any atom is 0.419 e. The smallest absolute Gasteiger partial charge is 0.419 e. The van der Waals surface area contributed by atoms with Crippen molar-refractivity contribution < 1.29 is 32.5 Å². The van der Waals surface area contributed by atoms with Crippen LogP contribution in [0.1, 0.15) is 44.7 Å². The fraction of sp³-hybridized carbons (Fsp3) is 0.375. The number of ether oxygens (including phenoxy) is 2. The van der Waals surface area contributed by atoms with E-state index in [0.29, 0.717) is 42.7 Å². The van der Waals surface area contributed by atoms with Gasteiger partial charge < -0.3 is 24.8 Å². The summed E-state index contributed by atoms with van der Waals surface area (Å²) in [7, 11) is 0. The molecule has 4 heterocycles. The van der Waals surface area contributed by atoms with E-state index in [1.807, 2.05) is 11.8 Å². The average molecular weight is 638 g/mol. The van der Waals surface area contributed by atoms with Crippen LogP contribution in [0.4, 0.5) is 30.8 Å². The summed E-state index contributed by atoms with van der Waals surface area (Å²) in [5, 5.41) is 12.4. The van der Waals surface area contributed by atoms with Gasteiger partial charge in [0.15, 0.2) is 11.6 Å². The molecule has 46 heavy (non-hydrogen) atoms. The molecule has 1 fully saturated rings. The number of halogens is 3. The van der Waals surface area contributed by atoms with Gasteiger partial charge in [0, 0.05) is 24.5 Å². The van der Waals surface area contributed by atoms with E-state index in [4.69, 9.17) is 9.47 Å². The molecule has 5 rings (SSSR count). The molecule has 1 unspecified atom stereocenters. The molecule has 14 heteroatoms. The van der Waals surface area contributed by atoms with Gasteiger partial charge in [-0.3, -0.25) is 9.78 Å². The largest absolute Gasteiger partial charge is 0.488 e. The van der Waals surface area contributed by atoms with Crippen LogP contribution in [-0.2, 0) is 17.4 Å². The van der Waals surface area contributed by atoms with E-state index >= 15 is 0 Å². The van der Waals surface area contributed by atoms with Crippen molar-refractivity contribution in [3.8, 4) is 22.9 Å². The summed E-state index contributed by atoms with van der Waals surface area (Å²) < 4.78 is 53.9. The van der Waals surface area contributed by atoms with Gasteiger partial charge in [0.1, 0.15) is 17.5 Å². The van der Waals surface area contributed by atoms with Crippen molar-refractivity contribution in [3.63, 3.8) is 0 Å². The van der Waals surface area contributed by atoms with Gasteiger partial charge in [-0.05, 0) is 63.8 Å². The predicted molar refractivity (Wildman–Crippen MR) is 164 cm³/mol. The molecule has 242 valence electrons. The second-order valence-electron chi connectivity index (χ2n) is 11.5. The Kier molecular flexibility index (Phi) is 9.54. The van der Waals surface area contributed by atoms with Gasteiger partial charge in [0.05, 0.1) is 36.7 Å². The van der Waals surface area contributed by atoms with Crippen molar-refractivity contribution >= 4 is 23.6 Å². The first-order chi connectivity index (χ1) is 21.9. The molecule has 0 amide bonds. The molecule has 4 aromatic rings. The summed E-state index contributed by atoms with van der Waals surface area (Å²) in [6.07, 6.45) is 2.24. The first-order valence-corrected chi connectivity index (χ1v) is 14.8. The predicted octanol–water partition coefficient (Wildman–Crippen LogP) is 6.19.